The molecule has 0 atom stereocenters. The third-order valence-corrected chi connectivity index (χ3v) is 3.04. The van der Waals surface area contributed by atoms with Crippen molar-refractivity contribution in [3.63, 3.8) is 0 Å². The molecule has 1 aromatic rings. The molecule has 0 spiro atoms. The topological polar surface area (TPSA) is 40.9 Å². The molecule has 0 unspecified atom stereocenters. The first-order valence-corrected chi connectivity index (χ1v) is 5.89. The van der Waals surface area contributed by atoms with Gasteiger partial charge in [0.25, 0.3) is 0 Å². The van der Waals surface area contributed by atoms with E-state index < -0.39 is 5.41 Å². The summed E-state index contributed by atoms with van der Waals surface area (Å²) in [5, 5.41) is 8.99. The van der Waals surface area contributed by atoms with Gasteiger partial charge in [-0.25, -0.2) is 0 Å². The average molecular weight is 233 g/mol. The lowest BCUT2D eigenvalue weighted by Gasteiger charge is -2.15. The highest BCUT2D eigenvalue weighted by molar-refractivity contribution is 7.12. The summed E-state index contributed by atoms with van der Waals surface area (Å²) in [6, 6.07) is 5.89. The number of aryl methyl sites for hydroxylation is 1. The Bertz CT molecular complexity index is 469. The maximum Gasteiger partial charge on any atom is 0.178 e. The van der Waals surface area contributed by atoms with E-state index in [2.05, 4.69) is 0 Å². The van der Waals surface area contributed by atoms with Crippen molar-refractivity contribution in [2.45, 2.75) is 27.7 Å². The van der Waals surface area contributed by atoms with Gasteiger partial charge in [-0.3, -0.25) is 4.79 Å². The smallest absolute Gasteiger partial charge is 0.178 e. The van der Waals surface area contributed by atoms with Crippen LogP contribution in [0.1, 0.15) is 30.5 Å². The summed E-state index contributed by atoms with van der Waals surface area (Å²) >= 11 is 1.58. The molecule has 2 nitrogen and oxygen atoms in total. The van der Waals surface area contributed by atoms with E-state index in [9.17, 15) is 4.79 Å². The van der Waals surface area contributed by atoms with Gasteiger partial charge in [0.1, 0.15) is 6.07 Å². The van der Waals surface area contributed by atoms with E-state index in [0.29, 0.717) is 0 Å². The summed E-state index contributed by atoms with van der Waals surface area (Å²) in [5.74, 6) is -0.110. The SMILES string of the molecule is Cc1ccc(/C=C(\C#N)C(=O)C(C)(C)C)s1. The van der Waals surface area contributed by atoms with E-state index in [-0.39, 0.29) is 11.4 Å². The molecular formula is C13H15NOS. The Morgan fingerprint density at radius 3 is 2.44 bits per heavy atom. The monoisotopic (exact) mass is 233 g/mol. The first-order chi connectivity index (χ1) is 7.34. The Morgan fingerprint density at radius 1 is 1.44 bits per heavy atom. The maximum absolute atomic E-state index is 11.9. The summed E-state index contributed by atoms with van der Waals surface area (Å²) in [4.78, 5) is 14.0. The standard InChI is InChI=1S/C13H15NOS/c1-9-5-6-11(16-9)7-10(8-14)12(15)13(2,3)4/h5-7H,1-4H3/b10-7+. The van der Waals surface area contributed by atoms with E-state index in [1.54, 1.807) is 17.4 Å². The molecule has 3 heteroatoms. The number of Topliss-reactive ketones (excluding diaryl/α,β-unsaturated/α-hetero) is 1. The van der Waals surface area contributed by atoms with Crippen molar-refractivity contribution in [2.24, 2.45) is 5.41 Å². The van der Waals surface area contributed by atoms with Crippen molar-refractivity contribution in [2.75, 3.05) is 0 Å². The van der Waals surface area contributed by atoms with E-state index in [1.165, 1.54) is 4.88 Å². The quantitative estimate of drug-likeness (QED) is 0.578. The number of carbonyl (C=O) groups is 1. The summed E-state index contributed by atoms with van der Waals surface area (Å²) in [6.07, 6.45) is 1.67. The lowest BCUT2D eigenvalue weighted by atomic mass is 9.86. The summed E-state index contributed by atoms with van der Waals surface area (Å²) < 4.78 is 0. The van der Waals surface area contributed by atoms with Gasteiger partial charge >= 0.3 is 0 Å². The zero-order valence-electron chi connectivity index (χ0n) is 10.00. The molecule has 0 N–H and O–H groups in total. The number of carbonyl (C=O) groups excluding carboxylic acids is 1. The maximum atomic E-state index is 11.9. The Balaban J connectivity index is 3.05. The molecule has 0 saturated heterocycles. The van der Waals surface area contributed by atoms with E-state index in [0.717, 1.165) is 4.88 Å². The molecule has 0 fully saturated rings. The Labute approximate surface area is 100 Å². The van der Waals surface area contributed by atoms with Crippen LogP contribution in [0.5, 0.6) is 0 Å². The van der Waals surface area contributed by atoms with Crippen molar-refractivity contribution in [1.29, 1.82) is 5.26 Å². The van der Waals surface area contributed by atoms with Crippen LogP contribution in [-0.2, 0) is 4.79 Å². The molecule has 0 aliphatic rings. The van der Waals surface area contributed by atoms with Crippen molar-refractivity contribution < 1.29 is 4.79 Å². The minimum absolute atomic E-state index is 0.110. The summed E-state index contributed by atoms with van der Waals surface area (Å²) in [6.45, 7) is 7.46. The molecule has 0 aliphatic heterocycles. The van der Waals surface area contributed by atoms with Crippen LogP contribution >= 0.6 is 11.3 Å². The van der Waals surface area contributed by atoms with Gasteiger partial charge in [0, 0.05) is 15.2 Å². The van der Waals surface area contributed by atoms with Crippen molar-refractivity contribution >= 4 is 23.2 Å². The number of allylic oxidation sites excluding steroid dienone is 1. The number of hydrogen-bond acceptors (Lipinski definition) is 3. The highest BCUT2D eigenvalue weighted by atomic mass is 32.1. The second kappa shape index (κ2) is 4.63. The van der Waals surface area contributed by atoms with Crippen molar-refractivity contribution in [3.8, 4) is 6.07 Å². The summed E-state index contributed by atoms with van der Waals surface area (Å²) in [7, 11) is 0. The van der Waals surface area contributed by atoms with Crippen LogP contribution in [0.25, 0.3) is 6.08 Å². The number of hydrogen-bond donors (Lipinski definition) is 0. The van der Waals surface area contributed by atoms with Crippen molar-refractivity contribution in [3.05, 3.63) is 27.5 Å². The number of rotatable bonds is 2. The van der Waals surface area contributed by atoms with E-state index in [4.69, 9.17) is 5.26 Å². The van der Waals surface area contributed by atoms with Gasteiger partial charge in [0.15, 0.2) is 5.78 Å². The predicted molar refractivity (Wildman–Crippen MR) is 67.1 cm³/mol. The lowest BCUT2D eigenvalue weighted by Crippen LogP contribution is -2.21. The van der Waals surface area contributed by atoms with Crippen LogP contribution in [0, 0.1) is 23.7 Å². The molecule has 1 heterocycles. The molecule has 0 aliphatic carbocycles. The van der Waals surface area contributed by atoms with E-state index in [1.807, 2.05) is 45.9 Å². The average Bonchev–Trinajstić information content (AvgIpc) is 2.58. The normalized spacial score (nSPS) is 12.3. The minimum atomic E-state index is -0.506. The molecule has 16 heavy (non-hydrogen) atoms. The largest absolute Gasteiger partial charge is 0.293 e. The van der Waals surface area contributed by atoms with Gasteiger partial charge in [-0.05, 0) is 25.1 Å². The fraction of sp³-hybridized carbons (Fsp3) is 0.385. The number of ketones is 1. The van der Waals surface area contributed by atoms with E-state index >= 15 is 0 Å². The second-order valence-electron chi connectivity index (χ2n) is 4.70. The lowest BCUT2D eigenvalue weighted by molar-refractivity contribution is -0.121. The van der Waals surface area contributed by atoms with Crippen molar-refractivity contribution in [1.82, 2.24) is 0 Å². The fourth-order valence-corrected chi connectivity index (χ4v) is 2.05. The molecule has 0 aromatic carbocycles. The van der Waals surface area contributed by atoms with Gasteiger partial charge in [-0.15, -0.1) is 11.3 Å². The number of nitriles is 1. The van der Waals surface area contributed by atoms with Crippen LogP contribution in [0.15, 0.2) is 17.7 Å². The first kappa shape index (κ1) is 12.7. The first-order valence-electron chi connectivity index (χ1n) is 5.07. The molecule has 1 aromatic heterocycles. The number of nitrogens with zero attached hydrogens (tertiary/aromatic N) is 1. The van der Waals surface area contributed by atoms with Crippen LogP contribution in [-0.4, -0.2) is 5.78 Å². The molecule has 1 rings (SSSR count). The Hall–Kier alpha value is -1.40. The second-order valence-corrected chi connectivity index (χ2v) is 6.02. The Kier molecular flexibility index (Phi) is 3.66. The number of thiophene rings is 1. The molecule has 0 radical (unpaired) electrons. The third-order valence-electron chi connectivity index (χ3n) is 2.09. The van der Waals surface area contributed by atoms with Crippen LogP contribution in [0.4, 0.5) is 0 Å². The van der Waals surface area contributed by atoms with Gasteiger partial charge in [-0.1, -0.05) is 20.8 Å². The zero-order valence-corrected chi connectivity index (χ0v) is 10.8. The molecule has 0 bridgehead atoms. The van der Waals surface area contributed by atoms with Crippen LogP contribution in [0.2, 0.25) is 0 Å². The fourth-order valence-electron chi connectivity index (χ4n) is 1.23. The molecular weight excluding hydrogens is 218 g/mol. The minimum Gasteiger partial charge on any atom is -0.293 e. The van der Waals surface area contributed by atoms with Gasteiger partial charge in [0.2, 0.25) is 0 Å². The molecule has 0 amide bonds. The summed E-state index contributed by atoms with van der Waals surface area (Å²) in [5.41, 5.74) is -0.275. The highest BCUT2D eigenvalue weighted by Gasteiger charge is 2.24. The molecule has 84 valence electrons. The highest BCUT2D eigenvalue weighted by Crippen LogP contribution is 2.23. The van der Waals surface area contributed by atoms with Gasteiger partial charge in [0.05, 0.1) is 5.57 Å². The third kappa shape index (κ3) is 3.04. The predicted octanol–water partition coefficient (Wildman–Crippen LogP) is 3.58. The van der Waals surface area contributed by atoms with Gasteiger partial charge in [-0.2, -0.15) is 5.26 Å². The molecule has 0 saturated carbocycles. The zero-order chi connectivity index (χ0) is 12.3. The van der Waals surface area contributed by atoms with Gasteiger partial charge < -0.3 is 0 Å². The Morgan fingerprint density at radius 2 is 2.06 bits per heavy atom. The van der Waals surface area contributed by atoms with Crippen LogP contribution < -0.4 is 0 Å². The van der Waals surface area contributed by atoms with Crippen LogP contribution in [0.3, 0.4) is 0 Å².